The van der Waals surface area contributed by atoms with Crippen LogP contribution < -0.4 is 5.56 Å². The van der Waals surface area contributed by atoms with E-state index in [2.05, 4.69) is 11.9 Å². The quantitative estimate of drug-likeness (QED) is 0.595. The highest BCUT2D eigenvalue weighted by atomic mass is 32.1. The number of piperidine rings is 1. The minimum atomic E-state index is -0.271. The zero-order chi connectivity index (χ0) is 22.8. The van der Waals surface area contributed by atoms with Gasteiger partial charge in [0.1, 0.15) is 11.4 Å². The predicted molar refractivity (Wildman–Crippen MR) is 126 cm³/mol. The number of likely N-dealkylation sites (tertiary alicyclic amines) is 1. The molecule has 1 aliphatic rings. The summed E-state index contributed by atoms with van der Waals surface area (Å²) in [5.41, 5.74) is 1.39. The Kier molecular flexibility index (Phi) is 6.41. The summed E-state index contributed by atoms with van der Waals surface area (Å²) in [7, 11) is 1.75. The minimum Gasteiger partial charge on any atom is -0.341 e. The molecule has 2 amide bonds. The first-order chi connectivity index (χ1) is 15.3. The van der Waals surface area contributed by atoms with Gasteiger partial charge in [0.15, 0.2) is 0 Å². The molecule has 0 radical (unpaired) electrons. The van der Waals surface area contributed by atoms with Gasteiger partial charge in [0, 0.05) is 26.7 Å². The number of carbonyl (C=O) groups excluding carboxylic acids is 2. The summed E-state index contributed by atoms with van der Waals surface area (Å²) < 4.78 is 1.37. The standard InChI is InChI=1S/C24H28N4O3S/c1-16-9-11-27(12-10-16)19(29)14-28-15-25-22-20(23(28)30)17(2)21(32-22)24(31)26(3)13-18-7-5-4-6-8-18/h4-8,15-16H,9-14H2,1-3H3. The molecule has 0 atom stereocenters. The molecule has 0 aliphatic carbocycles. The van der Waals surface area contributed by atoms with Gasteiger partial charge in [0.25, 0.3) is 11.5 Å². The summed E-state index contributed by atoms with van der Waals surface area (Å²) in [6.07, 6.45) is 3.40. The SMILES string of the molecule is Cc1c(C(=O)N(C)Cc2ccccc2)sc2ncn(CC(=O)N3CCC(C)CC3)c(=O)c12. The van der Waals surface area contributed by atoms with Gasteiger partial charge in [-0.2, -0.15) is 0 Å². The van der Waals surface area contributed by atoms with Crippen LogP contribution in [0.15, 0.2) is 41.5 Å². The van der Waals surface area contributed by atoms with Gasteiger partial charge in [-0.3, -0.25) is 19.0 Å². The molecule has 3 heterocycles. The number of hydrogen-bond donors (Lipinski definition) is 0. The van der Waals surface area contributed by atoms with E-state index in [0.717, 1.165) is 31.5 Å². The Balaban J connectivity index is 1.56. The van der Waals surface area contributed by atoms with Crippen LogP contribution >= 0.6 is 11.3 Å². The van der Waals surface area contributed by atoms with Gasteiger partial charge in [-0.1, -0.05) is 37.3 Å². The van der Waals surface area contributed by atoms with Gasteiger partial charge >= 0.3 is 0 Å². The van der Waals surface area contributed by atoms with Crippen LogP contribution in [0.3, 0.4) is 0 Å². The lowest BCUT2D eigenvalue weighted by atomic mass is 9.99. The molecule has 3 aromatic rings. The Morgan fingerprint density at radius 3 is 2.56 bits per heavy atom. The van der Waals surface area contributed by atoms with Gasteiger partial charge < -0.3 is 9.80 Å². The number of amides is 2. The van der Waals surface area contributed by atoms with E-state index in [0.29, 0.717) is 33.1 Å². The average Bonchev–Trinajstić information content (AvgIpc) is 3.13. The second-order valence-electron chi connectivity index (χ2n) is 8.62. The highest BCUT2D eigenvalue weighted by molar-refractivity contribution is 7.20. The summed E-state index contributed by atoms with van der Waals surface area (Å²) in [6.45, 7) is 5.89. The van der Waals surface area contributed by atoms with Crippen LogP contribution in [-0.4, -0.2) is 51.3 Å². The maximum Gasteiger partial charge on any atom is 0.264 e. The number of nitrogens with zero attached hydrogens (tertiary/aromatic N) is 4. The Labute approximate surface area is 191 Å². The van der Waals surface area contributed by atoms with Crippen LogP contribution in [0.2, 0.25) is 0 Å². The lowest BCUT2D eigenvalue weighted by Crippen LogP contribution is -2.41. The highest BCUT2D eigenvalue weighted by Crippen LogP contribution is 2.28. The topological polar surface area (TPSA) is 75.5 Å². The van der Waals surface area contributed by atoms with Crippen LogP contribution in [0.4, 0.5) is 0 Å². The molecule has 4 rings (SSSR count). The Morgan fingerprint density at radius 1 is 1.19 bits per heavy atom. The van der Waals surface area contributed by atoms with Gasteiger partial charge in [-0.25, -0.2) is 4.98 Å². The van der Waals surface area contributed by atoms with E-state index in [9.17, 15) is 14.4 Å². The molecule has 32 heavy (non-hydrogen) atoms. The maximum atomic E-state index is 13.2. The molecule has 1 aliphatic heterocycles. The van der Waals surface area contributed by atoms with Gasteiger partial charge in [-0.15, -0.1) is 11.3 Å². The predicted octanol–water partition coefficient (Wildman–Crippen LogP) is 3.30. The zero-order valence-electron chi connectivity index (χ0n) is 18.7. The lowest BCUT2D eigenvalue weighted by molar-refractivity contribution is -0.133. The highest BCUT2D eigenvalue weighted by Gasteiger charge is 2.24. The largest absolute Gasteiger partial charge is 0.341 e. The number of aryl methyl sites for hydroxylation is 1. The van der Waals surface area contributed by atoms with Crippen molar-refractivity contribution in [2.24, 2.45) is 5.92 Å². The maximum absolute atomic E-state index is 13.2. The molecule has 7 nitrogen and oxygen atoms in total. The van der Waals surface area contributed by atoms with E-state index in [-0.39, 0.29) is 23.9 Å². The molecule has 1 saturated heterocycles. The van der Waals surface area contributed by atoms with E-state index >= 15 is 0 Å². The molecule has 168 valence electrons. The number of thiophene rings is 1. The van der Waals surface area contributed by atoms with Gasteiger partial charge in [-0.05, 0) is 36.8 Å². The minimum absolute atomic E-state index is 0.0252. The van der Waals surface area contributed by atoms with E-state index in [1.54, 1.807) is 18.9 Å². The fourth-order valence-corrected chi connectivity index (χ4v) is 5.22. The van der Waals surface area contributed by atoms with Crippen molar-refractivity contribution in [3.8, 4) is 0 Å². The number of aromatic nitrogens is 2. The first-order valence-corrected chi connectivity index (χ1v) is 11.7. The summed E-state index contributed by atoms with van der Waals surface area (Å²) in [5, 5.41) is 0.425. The third kappa shape index (κ3) is 4.46. The third-order valence-electron chi connectivity index (χ3n) is 6.16. The smallest absolute Gasteiger partial charge is 0.264 e. The summed E-state index contributed by atoms with van der Waals surface area (Å²) >= 11 is 1.23. The summed E-state index contributed by atoms with van der Waals surface area (Å²) in [6, 6.07) is 9.77. The molecule has 0 saturated carbocycles. The first kappa shape index (κ1) is 22.2. The number of hydrogen-bond acceptors (Lipinski definition) is 5. The lowest BCUT2D eigenvalue weighted by Gasteiger charge is -2.30. The zero-order valence-corrected chi connectivity index (χ0v) is 19.5. The van der Waals surface area contributed by atoms with Crippen molar-refractivity contribution in [2.45, 2.75) is 39.8 Å². The third-order valence-corrected chi connectivity index (χ3v) is 7.35. The molecule has 8 heteroatoms. The Hall–Kier alpha value is -3.00. The summed E-state index contributed by atoms with van der Waals surface area (Å²) in [4.78, 5) is 47.8. The molecule has 1 fully saturated rings. The van der Waals surface area contributed by atoms with Crippen molar-refractivity contribution >= 4 is 33.4 Å². The average molecular weight is 453 g/mol. The molecule has 0 N–H and O–H groups in total. The van der Waals surface area contributed by atoms with Crippen molar-refractivity contribution in [1.29, 1.82) is 0 Å². The number of rotatable bonds is 5. The van der Waals surface area contributed by atoms with Crippen molar-refractivity contribution in [3.63, 3.8) is 0 Å². The van der Waals surface area contributed by atoms with Gasteiger partial charge in [0.2, 0.25) is 5.91 Å². The molecule has 2 aromatic heterocycles. The normalized spacial score (nSPS) is 14.7. The second kappa shape index (κ2) is 9.24. The van der Waals surface area contributed by atoms with E-state index in [4.69, 9.17) is 0 Å². The van der Waals surface area contributed by atoms with Crippen LogP contribution in [0, 0.1) is 12.8 Å². The number of carbonyl (C=O) groups is 2. The fraction of sp³-hybridized carbons (Fsp3) is 0.417. The first-order valence-electron chi connectivity index (χ1n) is 10.9. The van der Waals surface area contributed by atoms with E-state index in [1.165, 1.54) is 22.2 Å². The molecule has 0 bridgehead atoms. The fourth-order valence-electron chi connectivity index (χ4n) is 4.08. The van der Waals surface area contributed by atoms with Crippen molar-refractivity contribution < 1.29 is 9.59 Å². The summed E-state index contributed by atoms with van der Waals surface area (Å²) in [5.74, 6) is 0.426. The van der Waals surface area contributed by atoms with Gasteiger partial charge in [0.05, 0.1) is 16.6 Å². The molecular weight excluding hydrogens is 424 g/mol. The van der Waals surface area contributed by atoms with Crippen LogP contribution in [0.25, 0.3) is 10.2 Å². The van der Waals surface area contributed by atoms with Crippen molar-refractivity contribution in [3.05, 3.63) is 63.0 Å². The molecule has 0 unspecified atom stereocenters. The molecule has 1 aromatic carbocycles. The van der Waals surface area contributed by atoms with Crippen LogP contribution in [0.5, 0.6) is 0 Å². The number of fused-ring (bicyclic) bond motifs is 1. The molecular formula is C24H28N4O3S. The van der Waals surface area contributed by atoms with E-state index < -0.39 is 0 Å². The van der Waals surface area contributed by atoms with E-state index in [1.807, 2.05) is 35.2 Å². The number of benzene rings is 1. The Morgan fingerprint density at radius 2 is 1.88 bits per heavy atom. The second-order valence-corrected chi connectivity index (χ2v) is 9.62. The van der Waals surface area contributed by atoms with Crippen LogP contribution in [-0.2, 0) is 17.9 Å². The Bertz CT molecular complexity index is 1190. The van der Waals surface area contributed by atoms with Crippen molar-refractivity contribution in [2.75, 3.05) is 20.1 Å². The molecule has 0 spiro atoms. The van der Waals surface area contributed by atoms with Crippen molar-refractivity contribution in [1.82, 2.24) is 19.4 Å². The monoisotopic (exact) mass is 452 g/mol. The van der Waals surface area contributed by atoms with Crippen LogP contribution in [0.1, 0.15) is 40.6 Å².